The molecule has 0 aromatic heterocycles. The van der Waals surface area contributed by atoms with E-state index < -0.39 is 17.6 Å². The number of hydrogen-bond donors (Lipinski definition) is 0. The maximum absolute atomic E-state index is 13.8. The fraction of sp³-hybridized carbons (Fsp3) is 0.200. The molecule has 0 heterocycles. The van der Waals surface area contributed by atoms with Crippen molar-refractivity contribution < 1.29 is 17.6 Å². The average Bonchev–Trinajstić information content (AvgIpc) is 2.37. The molecule has 1 unspecified atom stereocenters. The molecule has 0 N–H and O–H groups in total. The lowest BCUT2D eigenvalue weighted by atomic mass is 9.95. The fourth-order valence-corrected chi connectivity index (χ4v) is 2.24. The largest absolute Gasteiger partial charge is 0.417 e. The van der Waals surface area contributed by atoms with Gasteiger partial charge in [-0.3, -0.25) is 0 Å². The van der Waals surface area contributed by atoms with Crippen LogP contribution in [0.4, 0.5) is 17.6 Å². The molecule has 0 amide bonds. The van der Waals surface area contributed by atoms with Gasteiger partial charge in [-0.2, -0.15) is 13.2 Å². The summed E-state index contributed by atoms with van der Waals surface area (Å²) in [7, 11) is 0. The van der Waals surface area contributed by atoms with Crippen LogP contribution in [-0.4, -0.2) is 0 Å². The van der Waals surface area contributed by atoms with E-state index in [1.165, 1.54) is 30.3 Å². The summed E-state index contributed by atoms with van der Waals surface area (Å²) in [5, 5.41) is 0. The molecule has 106 valence electrons. The van der Waals surface area contributed by atoms with Crippen LogP contribution in [0.3, 0.4) is 0 Å². The van der Waals surface area contributed by atoms with Crippen molar-refractivity contribution in [3.63, 3.8) is 0 Å². The highest BCUT2D eigenvalue weighted by molar-refractivity contribution is 9.09. The lowest BCUT2D eigenvalue weighted by Crippen LogP contribution is -2.08. The second-order valence-electron chi connectivity index (χ2n) is 4.40. The summed E-state index contributed by atoms with van der Waals surface area (Å²) in [6, 6.07) is 9.23. The summed E-state index contributed by atoms with van der Waals surface area (Å²) >= 11 is 3.31. The summed E-state index contributed by atoms with van der Waals surface area (Å²) < 4.78 is 53.0. The third-order valence-electron chi connectivity index (χ3n) is 2.97. The molecule has 5 heteroatoms. The molecule has 1 atom stereocenters. The van der Waals surface area contributed by atoms with Gasteiger partial charge in [-0.15, -0.1) is 0 Å². The van der Waals surface area contributed by atoms with Gasteiger partial charge in [-0.25, -0.2) is 4.39 Å². The molecule has 0 aliphatic rings. The molecule has 0 bridgehead atoms. The molecule has 0 saturated heterocycles. The summed E-state index contributed by atoms with van der Waals surface area (Å²) in [4.78, 5) is -0.115. The second kappa shape index (κ2) is 5.56. The van der Waals surface area contributed by atoms with E-state index in [1.54, 1.807) is 6.92 Å². The summed E-state index contributed by atoms with van der Waals surface area (Å²) in [6.07, 6.45) is -4.52. The Kier molecular flexibility index (Phi) is 4.18. The van der Waals surface area contributed by atoms with Crippen molar-refractivity contribution in [1.29, 1.82) is 0 Å². The first-order chi connectivity index (χ1) is 9.30. The lowest BCUT2D eigenvalue weighted by Gasteiger charge is -2.16. The minimum Gasteiger partial charge on any atom is -0.206 e. The number of rotatable bonds is 2. The normalized spacial score (nSPS) is 13.3. The molecule has 0 aliphatic carbocycles. The Morgan fingerprint density at radius 3 is 2.20 bits per heavy atom. The first-order valence-corrected chi connectivity index (χ1v) is 6.82. The lowest BCUT2D eigenvalue weighted by molar-refractivity contribution is -0.137. The van der Waals surface area contributed by atoms with Crippen LogP contribution >= 0.6 is 15.9 Å². The predicted octanol–water partition coefficient (Wildman–Crippen LogP) is 5.97. The Hall–Kier alpha value is -1.36. The first-order valence-electron chi connectivity index (χ1n) is 5.91. The van der Waals surface area contributed by atoms with Gasteiger partial charge in [0.2, 0.25) is 0 Å². The van der Waals surface area contributed by atoms with E-state index >= 15 is 0 Å². The molecule has 2 rings (SSSR count). The molecule has 0 radical (unpaired) electrons. The van der Waals surface area contributed by atoms with Gasteiger partial charge < -0.3 is 0 Å². The van der Waals surface area contributed by atoms with Crippen molar-refractivity contribution in [1.82, 2.24) is 0 Å². The average molecular weight is 347 g/mol. The van der Waals surface area contributed by atoms with Gasteiger partial charge in [0.1, 0.15) is 5.82 Å². The van der Waals surface area contributed by atoms with Crippen LogP contribution in [-0.2, 0) is 6.18 Å². The SMILES string of the molecule is CC(Br)c1ccc(C(F)(F)F)c(-c2ccccc2F)c1. The Labute approximate surface area is 122 Å². The second-order valence-corrected chi connectivity index (χ2v) is 5.77. The van der Waals surface area contributed by atoms with Crippen LogP contribution in [0.15, 0.2) is 42.5 Å². The van der Waals surface area contributed by atoms with E-state index in [-0.39, 0.29) is 16.0 Å². The molecule has 0 spiro atoms. The quantitative estimate of drug-likeness (QED) is 0.464. The van der Waals surface area contributed by atoms with Gasteiger partial charge in [0.05, 0.1) is 5.56 Å². The van der Waals surface area contributed by atoms with Crippen molar-refractivity contribution in [2.75, 3.05) is 0 Å². The standard InChI is InChI=1S/C15H11BrF4/c1-9(16)10-6-7-13(15(18,19)20)12(8-10)11-4-2-3-5-14(11)17/h2-9H,1H3. The van der Waals surface area contributed by atoms with Crippen molar-refractivity contribution in [3.8, 4) is 11.1 Å². The smallest absolute Gasteiger partial charge is 0.206 e. The monoisotopic (exact) mass is 346 g/mol. The van der Waals surface area contributed by atoms with Gasteiger partial charge >= 0.3 is 6.18 Å². The zero-order valence-corrected chi connectivity index (χ0v) is 12.1. The number of halogens is 5. The van der Waals surface area contributed by atoms with Crippen LogP contribution in [0.5, 0.6) is 0 Å². The van der Waals surface area contributed by atoms with Crippen molar-refractivity contribution in [3.05, 3.63) is 59.4 Å². The van der Waals surface area contributed by atoms with E-state index in [9.17, 15) is 17.6 Å². The van der Waals surface area contributed by atoms with Gasteiger partial charge in [-0.1, -0.05) is 40.2 Å². The summed E-state index contributed by atoms with van der Waals surface area (Å²) in [6.45, 7) is 1.80. The van der Waals surface area contributed by atoms with Gasteiger partial charge in [0.25, 0.3) is 0 Å². The minimum absolute atomic E-state index is 0.0465. The summed E-state index contributed by atoms with van der Waals surface area (Å²) in [5.74, 6) is -0.669. The molecule has 0 saturated carbocycles. The molecular weight excluding hydrogens is 336 g/mol. The number of alkyl halides is 4. The van der Waals surface area contributed by atoms with Crippen LogP contribution < -0.4 is 0 Å². The first kappa shape index (κ1) is 15.0. The molecular formula is C15H11BrF4. The molecule has 0 aliphatic heterocycles. The number of benzene rings is 2. The molecule has 0 fully saturated rings. The Balaban J connectivity index is 2.71. The van der Waals surface area contributed by atoms with Gasteiger partial charge in [0.15, 0.2) is 0 Å². The molecule has 0 nitrogen and oxygen atoms in total. The maximum atomic E-state index is 13.8. The highest BCUT2D eigenvalue weighted by Crippen LogP contribution is 2.39. The van der Waals surface area contributed by atoms with Crippen LogP contribution in [0, 0.1) is 5.82 Å². The van der Waals surface area contributed by atoms with Gasteiger partial charge in [-0.05, 0) is 36.2 Å². The Morgan fingerprint density at radius 1 is 1.00 bits per heavy atom. The fourth-order valence-electron chi connectivity index (χ4n) is 1.96. The highest BCUT2D eigenvalue weighted by atomic mass is 79.9. The highest BCUT2D eigenvalue weighted by Gasteiger charge is 2.34. The topological polar surface area (TPSA) is 0 Å². The van der Waals surface area contributed by atoms with E-state index in [0.717, 1.165) is 12.1 Å². The molecule has 20 heavy (non-hydrogen) atoms. The Bertz CT molecular complexity index is 618. The van der Waals surface area contributed by atoms with Gasteiger partial charge in [0, 0.05) is 10.4 Å². The maximum Gasteiger partial charge on any atom is 0.417 e. The van der Waals surface area contributed by atoms with Crippen LogP contribution in [0.1, 0.15) is 22.9 Å². The van der Waals surface area contributed by atoms with E-state index in [1.807, 2.05) is 0 Å². The van der Waals surface area contributed by atoms with E-state index in [0.29, 0.717) is 5.56 Å². The molecule has 2 aromatic carbocycles. The zero-order valence-electron chi connectivity index (χ0n) is 10.5. The third-order valence-corrected chi connectivity index (χ3v) is 3.50. The predicted molar refractivity (Wildman–Crippen MR) is 74.2 cm³/mol. The number of hydrogen-bond acceptors (Lipinski definition) is 0. The summed E-state index contributed by atoms with van der Waals surface area (Å²) in [5.41, 5.74) is -0.357. The third kappa shape index (κ3) is 3.03. The van der Waals surface area contributed by atoms with Crippen LogP contribution in [0.2, 0.25) is 0 Å². The van der Waals surface area contributed by atoms with E-state index in [2.05, 4.69) is 15.9 Å². The molecule has 2 aromatic rings. The Morgan fingerprint density at radius 2 is 1.65 bits per heavy atom. The zero-order chi connectivity index (χ0) is 14.9. The van der Waals surface area contributed by atoms with Crippen molar-refractivity contribution in [2.45, 2.75) is 17.9 Å². The van der Waals surface area contributed by atoms with Crippen LogP contribution in [0.25, 0.3) is 11.1 Å². The van der Waals surface area contributed by atoms with Crippen molar-refractivity contribution in [2.24, 2.45) is 0 Å². The van der Waals surface area contributed by atoms with Crippen molar-refractivity contribution >= 4 is 15.9 Å². The minimum atomic E-state index is -4.52. The van der Waals surface area contributed by atoms with E-state index in [4.69, 9.17) is 0 Å².